The van der Waals surface area contributed by atoms with E-state index in [1.54, 1.807) is 13.8 Å². The Morgan fingerprint density at radius 1 is 1.08 bits per heavy atom. The molecule has 0 rings (SSSR count). The number of rotatable bonds is 3. The zero-order valence-electron chi connectivity index (χ0n) is 7.75. The lowest BCUT2D eigenvalue weighted by molar-refractivity contribution is 0.537. The predicted molar refractivity (Wildman–Crippen MR) is 48.0 cm³/mol. The third-order valence-electron chi connectivity index (χ3n) is 1.55. The summed E-state index contributed by atoms with van der Waals surface area (Å²) in [6.07, 6.45) is 0. The summed E-state index contributed by atoms with van der Waals surface area (Å²) in [5.41, 5.74) is 0.268. The van der Waals surface area contributed by atoms with Gasteiger partial charge in [-0.1, -0.05) is 27.0 Å². The summed E-state index contributed by atoms with van der Waals surface area (Å²) in [6, 6.07) is 0. The van der Waals surface area contributed by atoms with Gasteiger partial charge in [0.05, 0.1) is 0 Å². The van der Waals surface area contributed by atoms with Crippen LogP contribution in [0.15, 0.2) is 36.0 Å². The molecule has 0 fully saturated rings. The minimum atomic E-state index is -0.895. The zero-order chi connectivity index (χ0) is 9.89. The monoisotopic (exact) mass is 172 g/mol. The topological polar surface area (TPSA) is 0 Å². The maximum absolute atomic E-state index is 13.0. The van der Waals surface area contributed by atoms with Gasteiger partial charge in [-0.25, -0.2) is 8.78 Å². The molecule has 0 heterocycles. The molecule has 0 N–H and O–H groups in total. The molecular formula is C10H14F2. The Morgan fingerprint density at radius 2 is 1.50 bits per heavy atom. The Kier molecular flexibility index (Phi) is 3.87. The summed E-state index contributed by atoms with van der Waals surface area (Å²) < 4.78 is 25.9. The lowest BCUT2D eigenvalue weighted by atomic mass is 10.0. The SMILES string of the molecule is C=C(C)/C(F)=C(/F)C(=C)C(C)C. The maximum Gasteiger partial charge on any atom is 0.161 e. The van der Waals surface area contributed by atoms with Gasteiger partial charge in [-0.05, 0) is 24.0 Å². The first-order chi connectivity index (χ1) is 5.37. The smallest absolute Gasteiger partial charge is 0.161 e. The normalized spacial score (nSPS) is 12.8. The standard InChI is InChI=1S/C10H14F2/c1-6(2)8(5)10(12)9(11)7(3)4/h6H,3,5H2,1-2,4H3/b10-9-. The highest BCUT2D eigenvalue weighted by molar-refractivity contribution is 5.34. The van der Waals surface area contributed by atoms with E-state index >= 15 is 0 Å². The Labute approximate surface area is 72.3 Å². The molecule has 2 heteroatoms. The molecule has 0 radical (unpaired) electrons. The molecule has 68 valence electrons. The van der Waals surface area contributed by atoms with Crippen molar-refractivity contribution in [2.45, 2.75) is 20.8 Å². The maximum atomic E-state index is 13.0. The average molecular weight is 172 g/mol. The fourth-order valence-corrected chi connectivity index (χ4v) is 0.582. The molecule has 0 aliphatic carbocycles. The molecule has 12 heavy (non-hydrogen) atoms. The molecule has 0 spiro atoms. The largest absolute Gasteiger partial charge is 0.203 e. The molecule has 0 aromatic heterocycles. The first kappa shape index (κ1) is 11.1. The molecule has 0 saturated carbocycles. The van der Waals surface area contributed by atoms with E-state index in [-0.39, 0.29) is 17.1 Å². The van der Waals surface area contributed by atoms with Gasteiger partial charge in [0.15, 0.2) is 11.7 Å². The molecule has 0 amide bonds. The van der Waals surface area contributed by atoms with Crippen LogP contribution in [0.25, 0.3) is 0 Å². The highest BCUT2D eigenvalue weighted by Crippen LogP contribution is 2.25. The molecule has 0 aliphatic heterocycles. The van der Waals surface area contributed by atoms with E-state index < -0.39 is 11.7 Å². The first-order valence-electron chi connectivity index (χ1n) is 3.78. The average Bonchev–Trinajstić information content (AvgIpc) is 2.00. The summed E-state index contributed by atoms with van der Waals surface area (Å²) in [6.45, 7) is 11.7. The van der Waals surface area contributed by atoms with Crippen molar-refractivity contribution in [3.63, 3.8) is 0 Å². The quantitative estimate of drug-likeness (QED) is 0.566. The third-order valence-corrected chi connectivity index (χ3v) is 1.55. The van der Waals surface area contributed by atoms with Crippen LogP contribution in [-0.4, -0.2) is 0 Å². The molecule has 0 bridgehead atoms. The summed E-state index contributed by atoms with van der Waals surface area (Å²) in [7, 11) is 0. The van der Waals surface area contributed by atoms with Crippen molar-refractivity contribution in [1.29, 1.82) is 0 Å². The van der Waals surface area contributed by atoms with Gasteiger partial charge in [0, 0.05) is 0 Å². The second-order valence-electron chi connectivity index (χ2n) is 3.09. The van der Waals surface area contributed by atoms with Crippen molar-refractivity contribution in [2.75, 3.05) is 0 Å². The number of halogens is 2. The fraction of sp³-hybridized carbons (Fsp3) is 0.400. The summed E-state index contributed by atoms with van der Waals surface area (Å²) in [4.78, 5) is 0. The fourth-order valence-electron chi connectivity index (χ4n) is 0.582. The van der Waals surface area contributed by atoms with E-state index in [1.165, 1.54) is 6.92 Å². The molecule has 0 saturated heterocycles. The molecule has 0 aromatic carbocycles. The van der Waals surface area contributed by atoms with Crippen LogP contribution in [0, 0.1) is 5.92 Å². The lowest BCUT2D eigenvalue weighted by Crippen LogP contribution is -1.95. The minimum absolute atomic E-state index is 0.0879. The predicted octanol–water partition coefficient (Wildman–Crippen LogP) is 3.93. The highest BCUT2D eigenvalue weighted by atomic mass is 19.2. The highest BCUT2D eigenvalue weighted by Gasteiger charge is 2.12. The van der Waals surface area contributed by atoms with E-state index in [0.717, 1.165) is 0 Å². The van der Waals surface area contributed by atoms with Crippen molar-refractivity contribution < 1.29 is 8.78 Å². The second-order valence-corrected chi connectivity index (χ2v) is 3.09. The molecular weight excluding hydrogens is 158 g/mol. The van der Waals surface area contributed by atoms with Gasteiger partial charge in [-0.3, -0.25) is 0 Å². The van der Waals surface area contributed by atoms with Crippen LogP contribution in [0.5, 0.6) is 0 Å². The van der Waals surface area contributed by atoms with Gasteiger partial charge in [0.1, 0.15) is 0 Å². The summed E-state index contributed by atoms with van der Waals surface area (Å²) in [5, 5.41) is 0. The van der Waals surface area contributed by atoms with Crippen LogP contribution < -0.4 is 0 Å². The van der Waals surface area contributed by atoms with Crippen molar-refractivity contribution in [2.24, 2.45) is 5.92 Å². The van der Waals surface area contributed by atoms with Gasteiger partial charge in [-0.15, -0.1) is 0 Å². The molecule has 0 atom stereocenters. The van der Waals surface area contributed by atoms with E-state index in [9.17, 15) is 8.78 Å². The van der Waals surface area contributed by atoms with E-state index in [4.69, 9.17) is 0 Å². The van der Waals surface area contributed by atoms with Crippen LogP contribution >= 0.6 is 0 Å². The van der Waals surface area contributed by atoms with Crippen molar-refractivity contribution in [3.05, 3.63) is 36.0 Å². The van der Waals surface area contributed by atoms with Crippen LogP contribution in [-0.2, 0) is 0 Å². The second kappa shape index (κ2) is 4.19. The Hall–Kier alpha value is -0.920. The molecule has 0 unspecified atom stereocenters. The third kappa shape index (κ3) is 2.61. The van der Waals surface area contributed by atoms with Gasteiger partial charge in [0.2, 0.25) is 0 Å². The van der Waals surface area contributed by atoms with Crippen molar-refractivity contribution in [3.8, 4) is 0 Å². The van der Waals surface area contributed by atoms with E-state index in [0.29, 0.717) is 0 Å². The van der Waals surface area contributed by atoms with Crippen LogP contribution in [0.1, 0.15) is 20.8 Å². The lowest BCUT2D eigenvalue weighted by Gasteiger charge is -2.07. The molecule has 0 nitrogen and oxygen atoms in total. The molecule has 0 aliphatic rings. The summed E-state index contributed by atoms with van der Waals surface area (Å²) >= 11 is 0. The first-order valence-corrected chi connectivity index (χ1v) is 3.78. The van der Waals surface area contributed by atoms with Crippen LogP contribution in [0.2, 0.25) is 0 Å². The van der Waals surface area contributed by atoms with E-state index in [2.05, 4.69) is 13.2 Å². The van der Waals surface area contributed by atoms with Crippen LogP contribution in [0.4, 0.5) is 8.78 Å². The van der Waals surface area contributed by atoms with Gasteiger partial charge in [0.25, 0.3) is 0 Å². The van der Waals surface area contributed by atoms with Gasteiger partial charge < -0.3 is 0 Å². The number of hydrogen-bond donors (Lipinski definition) is 0. The van der Waals surface area contributed by atoms with Gasteiger partial charge in [-0.2, -0.15) is 0 Å². The Balaban J connectivity index is 4.79. The van der Waals surface area contributed by atoms with Crippen molar-refractivity contribution in [1.82, 2.24) is 0 Å². The summed E-state index contributed by atoms with van der Waals surface area (Å²) in [5.74, 6) is -1.86. The zero-order valence-corrected chi connectivity index (χ0v) is 7.75. The minimum Gasteiger partial charge on any atom is -0.203 e. The Bertz CT molecular complexity index is 234. The number of allylic oxidation sites excluding steroid dienone is 4. The molecule has 0 aromatic rings. The van der Waals surface area contributed by atoms with Crippen LogP contribution in [0.3, 0.4) is 0 Å². The van der Waals surface area contributed by atoms with Gasteiger partial charge >= 0.3 is 0 Å². The van der Waals surface area contributed by atoms with Crippen molar-refractivity contribution >= 4 is 0 Å². The number of hydrogen-bond acceptors (Lipinski definition) is 0. The Morgan fingerprint density at radius 3 is 1.75 bits per heavy atom. The van der Waals surface area contributed by atoms with E-state index in [1.807, 2.05) is 0 Å².